The SMILES string of the molecule is O=C(O)c1ccc(NC(=O)N2CCCCC2CO)cc1Cl. The van der Waals surface area contributed by atoms with Crippen molar-refractivity contribution < 1.29 is 19.8 Å². The van der Waals surface area contributed by atoms with Gasteiger partial charge in [0.1, 0.15) is 0 Å². The Morgan fingerprint density at radius 2 is 2.14 bits per heavy atom. The lowest BCUT2D eigenvalue weighted by Crippen LogP contribution is -2.47. The van der Waals surface area contributed by atoms with Gasteiger partial charge in [-0.3, -0.25) is 0 Å². The third-order valence-corrected chi connectivity index (χ3v) is 3.86. The Bertz CT molecular complexity index is 550. The molecule has 7 heteroatoms. The largest absolute Gasteiger partial charge is 0.478 e. The first kappa shape index (κ1) is 15.6. The molecule has 1 saturated heterocycles. The molecule has 0 saturated carbocycles. The number of benzene rings is 1. The number of carbonyl (C=O) groups excluding carboxylic acids is 1. The molecule has 1 atom stereocenters. The van der Waals surface area contributed by atoms with Gasteiger partial charge in [-0.25, -0.2) is 9.59 Å². The molecule has 1 unspecified atom stereocenters. The molecule has 0 bridgehead atoms. The molecular formula is C14H17ClN2O4. The van der Waals surface area contributed by atoms with E-state index in [9.17, 15) is 14.7 Å². The predicted molar refractivity (Wildman–Crippen MR) is 78.9 cm³/mol. The number of carboxylic acids is 1. The van der Waals surface area contributed by atoms with Crippen LogP contribution in [0.2, 0.25) is 5.02 Å². The molecule has 6 nitrogen and oxygen atoms in total. The molecule has 1 aromatic rings. The Balaban J connectivity index is 2.08. The van der Waals surface area contributed by atoms with Crippen LogP contribution < -0.4 is 5.32 Å². The van der Waals surface area contributed by atoms with Crippen LogP contribution in [0.3, 0.4) is 0 Å². The lowest BCUT2D eigenvalue weighted by atomic mass is 10.0. The maximum atomic E-state index is 12.2. The van der Waals surface area contributed by atoms with E-state index in [4.69, 9.17) is 16.7 Å². The first-order valence-electron chi connectivity index (χ1n) is 6.74. The summed E-state index contributed by atoms with van der Waals surface area (Å²) >= 11 is 5.86. The maximum absolute atomic E-state index is 12.2. The van der Waals surface area contributed by atoms with Gasteiger partial charge in [-0.15, -0.1) is 0 Å². The fraction of sp³-hybridized carbons (Fsp3) is 0.429. The van der Waals surface area contributed by atoms with E-state index in [0.29, 0.717) is 12.2 Å². The van der Waals surface area contributed by atoms with Crippen molar-refractivity contribution in [3.05, 3.63) is 28.8 Å². The van der Waals surface area contributed by atoms with Crippen molar-refractivity contribution in [3.8, 4) is 0 Å². The average molecular weight is 313 g/mol. The van der Waals surface area contributed by atoms with Crippen molar-refractivity contribution in [2.24, 2.45) is 0 Å². The van der Waals surface area contributed by atoms with Crippen LogP contribution in [0.15, 0.2) is 18.2 Å². The summed E-state index contributed by atoms with van der Waals surface area (Å²) in [4.78, 5) is 24.7. The number of aromatic carboxylic acids is 1. The van der Waals surface area contributed by atoms with E-state index in [1.807, 2.05) is 0 Å². The summed E-state index contributed by atoms with van der Waals surface area (Å²) in [6, 6.07) is 3.76. The van der Waals surface area contributed by atoms with Crippen LogP contribution in [0.4, 0.5) is 10.5 Å². The van der Waals surface area contributed by atoms with Crippen molar-refractivity contribution in [1.29, 1.82) is 0 Å². The van der Waals surface area contributed by atoms with Crippen molar-refractivity contribution in [2.75, 3.05) is 18.5 Å². The van der Waals surface area contributed by atoms with Gasteiger partial charge in [0.05, 0.1) is 23.2 Å². The quantitative estimate of drug-likeness (QED) is 0.799. The first-order chi connectivity index (χ1) is 10.0. The average Bonchev–Trinajstić information content (AvgIpc) is 2.46. The number of carboxylic acid groups (broad SMARTS) is 1. The van der Waals surface area contributed by atoms with Crippen molar-refractivity contribution in [2.45, 2.75) is 25.3 Å². The van der Waals surface area contributed by atoms with E-state index in [0.717, 1.165) is 19.3 Å². The minimum absolute atomic E-state index is 0.0131. The summed E-state index contributed by atoms with van der Waals surface area (Å²) in [5.41, 5.74) is 0.415. The standard InChI is InChI=1S/C14H17ClN2O4/c15-12-7-9(4-5-11(12)13(19)20)16-14(21)17-6-2-1-3-10(17)8-18/h4-5,7,10,18H,1-3,6,8H2,(H,16,21)(H,19,20). The zero-order chi connectivity index (χ0) is 15.4. The number of likely N-dealkylation sites (tertiary alicyclic amines) is 1. The molecule has 1 aliphatic heterocycles. The minimum Gasteiger partial charge on any atom is -0.478 e. The van der Waals surface area contributed by atoms with E-state index in [-0.39, 0.29) is 29.3 Å². The topological polar surface area (TPSA) is 89.9 Å². The summed E-state index contributed by atoms with van der Waals surface area (Å²) < 4.78 is 0. The molecule has 1 aliphatic rings. The second-order valence-corrected chi connectivity index (χ2v) is 5.36. The minimum atomic E-state index is -1.12. The highest BCUT2D eigenvalue weighted by molar-refractivity contribution is 6.33. The molecule has 2 amide bonds. The van der Waals surface area contributed by atoms with Gasteiger partial charge in [0, 0.05) is 12.2 Å². The lowest BCUT2D eigenvalue weighted by molar-refractivity contribution is 0.0697. The summed E-state index contributed by atoms with van der Waals surface area (Å²) in [6.45, 7) is 0.532. The van der Waals surface area contributed by atoms with Gasteiger partial charge in [-0.1, -0.05) is 11.6 Å². The lowest BCUT2D eigenvalue weighted by Gasteiger charge is -2.34. The Kier molecular flexibility index (Phi) is 5.03. The zero-order valence-corrected chi connectivity index (χ0v) is 12.1. The van der Waals surface area contributed by atoms with Crippen LogP contribution in [0.5, 0.6) is 0 Å². The highest BCUT2D eigenvalue weighted by Gasteiger charge is 2.26. The third kappa shape index (κ3) is 3.65. The number of piperidine rings is 1. The van der Waals surface area contributed by atoms with Gasteiger partial charge < -0.3 is 20.4 Å². The number of rotatable bonds is 3. The fourth-order valence-electron chi connectivity index (χ4n) is 2.42. The molecule has 1 fully saturated rings. The van der Waals surface area contributed by atoms with Crippen LogP contribution in [-0.2, 0) is 0 Å². The Labute approximate surface area is 127 Å². The van der Waals surface area contributed by atoms with Crippen molar-refractivity contribution in [1.82, 2.24) is 4.90 Å². The number of amides is 2. The molecule has 0 aliphatic carbocycles. The Morgan fingerprint density at radius 3 is 2.76 bits per heavy atom. The van der Waals surface area contributed by atoms with E-state index in [1.54, 1.807) is 4.90 Å². The molecule has 0 spiro atoms. The molecule has 21 heavy (non-hydrogen) atoms. The molecule has 3 N–H and O–H groups in total. The molecule has 114 valence electrons. The number of hydrogen-bond donors (Lipinski definition) is 3. The normalized spacial score (nSPS) is 18.4. The predicted octanol–water partition coefficient (Wildman–Crippen LogP) is 2.42. The zero-order valence-electron chi connectivity index (χ0n) is 11.4. The summed E-state index contributed by atoms with van der Waals surface area (Å²) in [5.74, 6) is -1.12. The van der Waals surface area contributed by atoms with Crippen LogP contribution in [0.1, 0.15) is 29.6 Å². The molecule has 0 radical (unpaired) electrons. The fourth-order valence-corrected chi connectivity index (χ4v) is 2.68. The van der Waals surface area contributed by atoms with E-state index in [2.05, 4.69) is 5.32 Å². The smallest absolute Gasteiger partial charge is 0.337 e. The molecule has 1 heterocycles. The number of aliphatic hydroxyl groups is 1. The Hall–Kier alpha value is -1.79. The number of aliphatic hydroxyl groups excluding tert-OH is 1. The number of hydrogen-bond acceptors (Lipinski definition) is 3. The maximum Gasteiger partial charge on any atom is 0.337 e. The van der Waals surface area contributed by atoms with Gasteiger partial charge in [0.25, 0.3) is 0 Å². The number of urea groups is 1. The number of anilines is 1. The number of carbonyl (C=O) groups is 2. The van der Waals surface area contributed by atoms with Gasteiger partial charge in [0.15, 0.2) is 0 Å². The van der Waals surface area contributed by atoms with Crippen LogP contribution >= 0.6 is 11.6 Å². The van der Waals surface area contributed by atoms with Crippen molar-refractivity contribution in [3.63, 3.8) is 0 Å². The summed E-state index contributed by atoms with van der Waals surface area (Å²) in [5, 5.41) is 21.0. The molecular weight excluding hydrogens is 296 g/mol. The third-order valence-electron chi connectivity index (χ3n) is 3.55. The van der Waals surface area contributed by atoms with Gasteiger partial charge >= 0.3 is 12.0 Å². The summed E-state index contributed by atoms with van der Waals surface area (Å²) in [6.07, 6.45) is 2.68. The van der Waals surface area contributed by atoms with Crippen LogP contribution in [-0.4, -0.2) is 46.3 Å². The van der Waals surface area contributed by atoms with E-state index >= 15 is 0 Å². The number of halogens is 1. The first-order valence-corrected chi connectivity index (χ1v) is 7.12. The Morgan fingerprint density at radius 1 is 1.38 bits per heavy atom. The molecule has 1 aromatic carbocycles. The molecule has 0 aromatic heterocycles. The second kappa shape index (κ2) is 6.78. The van der Waals surface area contributed by atoms with Gasteiger partial charge in [-0.2, -0.15) is 0 Å². The van der Waals surface area contributed by atoms with Crippen LogP contribution in [0.25, 0.3) is 0 Å². The van der Waals surface area contributed by atoms with Gasteiger partial charge in [0.2, 0.25) is 0 Å². The molecule has 2 rings (SSSR count). The summed E-state index contributed by atoms with van der Waals surface area (Å²) in [7, 11) is 0. The number of nitrogens with one attached hydrogen (secondary N) is 1. The highest BCUT2D eigenvalue weighted by atomic mass is 35.5. The van der Waals surface area contributed by atoms with Crippen molar-refractivity contribution >= 4 is 29.3 Å². The van der Waals surface area contributed by atoms with Crippen LogP contribution in [0, 0.1) is 0 Å². The highest BCUT2D eigenvalue weighted by Crippen LogP contribution is 2.23. The second-order valence-electron chi connectivity index (χ2n) is 4.96. The van der Waals surface area contributed by atoms with Gasteiger partial charge in [-0.05, 0) is 37.5 Å². The monoisotopic (exact) mass is 312 g/mol. The van der Waals surface area contributed by atoms with E-state index in [1.165, 1.54) is 18.2 Å². The van der Waals surface area contributed by atoms with E-state index < -0.39 is 5.97 Å². The number of nitrogens with zero attached hydrogens (tertiary/aromatic N) is 1.